The average molecular weight is 335 g/mol. The van der Waals surface area contributed by atoms with Gasteiger partial charge in [0.15, 0.2) is 0 Å². The van der Waals surface area contributed by atoms with Crippen molar-refractivity contribution in [2.75, 3.05) is 13.1 Å². The predicted octanol–water partition coefficient (Wildman–Crippen LogP) is 2.44. The first-order valence-corrected chi connectivity index (χ1v) is 8.62. The Labute approximate surface area is 147 Å². The van der Waals surface area contributed by atoms with Crippen molar-refractivity contribution in [1.29, 1.82) is 0 Å². The molecule has 2 heterocycles. The van der Waals surface area contributed by atoms with E-state index in [1.807, 2.05) is 30.0 Å². The average Bonchev–Trinajstić information content (AvgIpc) is 3.15. The van der Waals surface area contributed by atoms with Gasteiger partial charge in [0, 0.05) is 43.7 Å². The molecular weight excluding hydrogens is 314 g/mol. The quantitative estimate of drug-likeness (QED) is 0.917. The Balaban J connectivity index is 1.62. The van der Waals surface area contributed by atoms with Crippen LogP contribution in [-0.2, 0) is 4.79 Å². The fourth-order valence-electron chi connectivity index (χ4n) is 4.13. The standard InChI is InChI=1S/C20H21N3O2/c1-12-7-8-14(9-21-12)20(25)22-19-16-6-4-3-5-15(16)17-10-23(13(2)24)11-18(17)19/h3-9,17-19H,10-11H2,1-2H3,(H,22,25)/t17-,18-,19-/m0/s1. The van der Waals surface area contributed by atoms with E-state index >= 15 is 0 Å². The van der Waals surface area contributed by atoms with E-state index in [4.69, 9.17) is 0 Å². The second-order valence-electron chi connectivity index (χ2n) is 6.96. The molecular formula is C20H21N3O2. The molecule has 1 fully saturated rings. The highest BCUT2D eigenvalue weighted by atomic mass is 16.2. The van der Waals surface area contributed by atoms with E-state index in [0.717, 1.165) is 12.2 Å². The molecule has 0 saturated carbocycles. The first-order chi connectivity index (χ1) is 12.0. The maximum atomic E-state index is 12.7. The van der Waals surface area contributed by atoms with Gasteiger partial charge in [0.1, 0.15) is 0 Å². The fourth-order valence-corrected chi connectivity index (χ4v) is 4.13. The normalized spacial score (nSPS) is 23.9. The van der Waals surface area contributed by atoms with Gasteiger partial charge in [-0.25, -0.2) is 0 Å². The molecule has 25 heavy (non-hydrogen) atoms. The van der Waals surface area contributed by atoms with Gasteiger partial charge in [0.2, 0.25) is 5.91 Å². The van der Waals surface area contributed by atoms with Gasteiger partial charge in [-0.15, -0.1) is 0 Å². The number of benzene rings is 1. The monoisotopic (exact) mass is 335 g/mol. The molecule has 4 rings (SSSR count). The van der Waals surface area contributed by atoms with E-state index in [9.17, 15) is 9.59 Å². The number of aromatic nitrogens is 1. The number of hydrogen-bond acceptors (Lipinski definition) is 3. The van der Waals surface area contributed by atoms with Crippen molar-refractivity contribution in [1.82, 2.24) is 15.2 Å². The summed E-state index contributed by atoms with van der Waals surface area (Å²) in [5.41, 5.74) is 3.88. The number of carbonyl (C=O) groups excluding carboxylic acids is 2. The van der Waals surface area contributed by atoms with Crippen LogP contribution in [0.25, 0.3) is 0 Å². The molecule has 0 radical (unpaired) electrons. The summed E-state index contributed by atoms with van der Waals surface area (Å²) in [5, 5.41) is 3.18. The number of rotatable bonds is 2. The first kappa shape index (κ1) is 15.8. The SMILES string of the molecule is CC(=O)N1C[C@H]2[C@@H](C1)c1ccccc1[C@@H]2NC(=O)c1ccc(C)nc1. The van der Waals surface area contributed by atoms with Crippen LogP contribution in [0.3, 0.4) is 0 Å². The molecule has 0 spiro atoms. The van der Waals surface area contributed by atoms with E-state index in [0.29, 0.717) is 18.0 Å². The summed E-state index contributed by atoms with van der Waals surface area (Å²) in [6.45, 7) is 4.92. The Bertz CT molecular complexity index is 831. The van der Waals surface area contributed by atoms with Crippen molar-refractivity contribution in [3.8, 4) is 0 Å². The third-order valence-electron chi connectivity index (χ3n) is 5.43. The van der Waals surface area contributed by atoms with Crippen LogP contribution in [0.5, 0.6) is 0 Å². The number of nitrogens with one attached hydrogen (secondary N) is 1. The Hall–Kier alpha value is -2.69. The molecule has 1 aromatic carbocycles. The van der Waals surface area contributed by atoms with Gasteiger partial charge in [0.05, 0.1) is 11.6 Å². The van der Waals surface area contributed by atoms with Crippen LogP contribution in [0.2, 0.25) is 0 Å². The van der Waals surface area contributed by atoms with Crippen molar-refractivity contribution < 1.29 is 9.59 Å². The summed E-state index contributed by atoms with van der Waals surface area (Å²) in [7, 11) is 0. The van der Waals surface area contributed by atoms with Crippen molar-refractivity contribution in [3.05, 3.63) is 65.0 Å². The third-order valence-corrected chi connectivity index (χ3v) is 5.43. The molecule has 0 unspecified atom stereocenters. The summed E-state index contributed by atoms with van der Waals surface area (Å²) >= 11 is 0. The van der Waals surface area contributed by atoms with Crippen LogP contribution in [0.15, 0.2) is 42.6 Å². The lowest BCUT2D eigenvalue weighted by molar-refractivity contribution is -0.128. The minimum absolute atomic E-state index is 0.0700. The number of aryl methyl sites for hydroxylation is 1. The van der Waals surface area contributed by atoms with Crippen molar-refractivity contribution in [2.24, 2.45) is 5.92 Å². The Morgan fingerprint density at radius 2 is 1.88 bits per heavy atom. The van der Waals surface area contributed by atoms with E-state index < -0.39 is 0 Å². The summed E-state index contributed by atoms with van der Waals surface area (Å²) in [4.78, 5) is 30.6. The molecule has 1 aromatic heterocycles. The van der Waals surface area contributed by atoms with E-state index in [1.54, 1.807) is 19.2 Å². The van der Waals surface area contributed by atoms with Crippen LogP contribution in [-0.4, -0.2) is 34.8 Å². The zero-order valence-electron chi connectivity index (χ0n) is 14.4. The van der Waals surface area contributed by atoms with Gasteiger partial charge in [-0.05, 0) is 30.2 Å². The second-order valence-corrected chi connectivity index (χ2v) is 6.96. The zero-order valence-corrected chi connectivity index (χ0v) is 14.4. The zero-order chi connectivity index (χ0) is 17.6. The highest BCUT2D eigenvalue weighted by Gasteiger charge is 2.47. The van der Waals surface area contributed by atoms with Crippen molar-refractivity contribution in [2.45, 2.75) is 25.8 Å². The number of likely N-dealkylation sites (tertiary alicyclic amines) is 1. The molecule has 2 aromatic rings. The van der Waals surface area contributed by atoms with E-state index in [-0.39, 0.29) is 23.8 Å². The molecule has 5 heteroatoms. The fraction of sp³-hybridized carbons (Fsp3) is 0.350. The number of fused-ring (bicyclic) bond motifs is 3. The number of hydrogen-bond donors (Lipinski definition) is 1. The maximum absolute atomic E-state index is 12.7. The molecule has 1 saturated heterocycles. The molecule has 1 N–H and O–H groups in total. The number of carbonyl (C=O) groups is 2. The van der Waals surface area contributed by atoms with Crippen molar-refractivity contribution in [3.63, 3.8) is 0 Å². The van der Waals surface area contributed by atoms with E-state index in [1.165, 1.54) is 11.1 Å². The predicted molar refractivity (Wildman–Crippen MR) is 94.1 cm³/mol. The van der Waals surface area contributed by atoms with Crippen LogP contribution in [0.1, 0.15) is 46.1 Å². The Kier molecular flexibility index (Phi) is 3.79. The first-order valence-electron chi connectivity index (χ1n) is 8.62. The summed E-state index contributed by atoms with van der Waals surface area (Å²) in [6, 6.07) is 11.8. The molecule has 3 atom stereocenters. The smallest absolute Gasteiger partial charge is 0.253 e. The summed E-state index contributed by atoms with van der Waals surface area (Å²) < 4.78 is 0. The Morgan fingerprint density at radius 3 is 2.56 bits per heavy atom. The molecule has 0 bridgehead atoms. The largest absolute Gasteiger partial charge is 0.345 e. The van der Waals surface area contributed by atoms with Crippen LogP contribution >= 0.6 is 0 Å². The summed E-state index contributed by atoms with van der Waals surface area (Å²) in [6.07, 6.45) is 1.61. The minimum Gasteiger partial charge on any atom is -0.345 e. The van der Waals surface area contributed by atoms with E-state index in [2.05, 4.69) is 22.4 Å². The highest BCUT2D eigenvalue weighted by Crippen LogP contribution is 2.49. The lowest BCUT2D eigenvalue weighted by atomic mass is 9.94. The second kappa shape index (κ2) is 5.99. The van der Waals surface area contributed by atoms with Crippen LogP contribution in [0.4, 0.5) is 0 Å². The number of pyridine rings is 1. The molecule has 128 valence electrons. The third kappa shape index (κ3) is 2.69. The molecule has 2 amide bonds. The lowest BCUT2D eigenvalue weighted by Crippen LogP contribution is -2.34. The number of amides is 2. The van der Waals surface area contributed by atoms with Gasteiger partial charge in [-0.3, -0.25) is 14.6 Å². The van der Waals surface area contributed by atoms with Crippen molar-refractivity contribution >= 4 is 11.8 Å². The molecule has 1 aliphatic carbocycles. The topological polar surface area (TPSA) is 62.3 Å². The molecule has 2 aliphatic rings. The minimum atomic E-state index is -0.116. The maximum Gasteiger partial charge on any atom is 0.253 e. The van der Waals surface area contributed by atoms with Crippen LogP contribution in [0, 0.1) is 12.8 Å². The molecule has 5 nitrogen and oxygen atoms in total. The van der Waals surface area contributed by atoms with Gasteiger partial charge < -0.3 is 10.2 Å². The molecule has 1 aliphatic heterocycles. The Morgan fingerprint density at radius 1 is 1.12 bits per heavy atom. The van der Waals surface area contributed by atoms with Gasteiger partial charge in [-0.2, -0.15) is 0 Å². The van der Waals surface area contributed by atoms with Gasteiger partial charge in [-0.1, -0.05) is 24.3 Å². The number of nitrogens with zero attached hydrogens (tertiary/aromatic N) is 2. The van der Waals surface area contributed by atoms with Gasteiger partial charge in [0.25, 0.3) is 5.91 Å². The van der Waals surface area contributed by atoms with Gasteiger partial charge >= 0.3 is 0 Å². The lowest BCUT2D eigenvalue weighted by Gasteiger charge is -2.22. The summed E-state index contributed by atoms with van der Waals surface area (Å²) in [5.74, 6) is 0.499. The highest BCUT2D eigenvalue weighted by molar-refractivity contribution is 5.94. The van der Waals surface area contributed by atoms with Crippen LogP contribution < -0.4 is 5.32 Å².